The molecule has 0 saturated carbocycles. The first kappa shape index (κ1) is 12.9. The lowest BCUT2D eigenvalue weighted by Crippen LogP contribution is -2.21. The molecule has 0 aromatic rings. The summed E-state index contributed by atoms with van der Waals surface area (Å²) in [5, 5.41) is 6.53. The zero-order chi connectivity index (χ0) is 9.94. The Bertz CT molecular complexity index is 98.9. The third kappa shape index (κ3) is 9.80. The van der Waals surface area contributed by atoms with Crippen LogP contribution in [0.5, 0.6) is 0 Å². The van der Waals surface area contributed by atoms with Crippen LogP contribution in [0.2, 0.25) is 0 Å². The molecule has 1 atom stereocenters. The van der Waals surface area contributed by atoms with Crippen molar-refractivity contribution in [1.29, 1.82) is 0 Å². The van der Waals surface area contributed by atoms with E-state index in [1.807, 2.05) is 7.05 Å². The van der Waals surface area contributed by atoms with Gasteiger partial charge in [-0.1, -0.05) is 0 Å². The summed E-state index contributed by atoms with van der Waals surface area (Å²) in [6.45, 7) is 5.43. The first-order valence-corrected chi connectivity index (χ1v) is 5.19. The molecule has 0 radical (unpaired) electrons. The van der Waals surface area contributed by atoms with Crippen LogP contribution in [-0.4, -0.2) is 39.9 Å². The molecule has 0 aliphatic rings. The lowest BCUT2D eigenvalue weighted by atomic mass is 10.2. The Balaban J connectivity index is 2.91. The quantitative estimate of drug-likeness (QED) is 0.530. The molecule has 0 fully saturated rings. The van der Waals surface area contributed by atoms with Gasteiger partial charge in [0.1, 0.15) is 0 Å². The average Bonchev–Trinajstić information content (AvgIpc) is 2.16. The maximum atomic E-state index is 5.16. The van der Waals surface area contributed by atoms with E-state index in [0.717, 1.165) is 26.1 Å². The van der Waals surface area contributed by atoms with Gasteiger partial charge >= 0.3 is 0 Å². The lowest BCUT2D eigenvalue weighted by Gasteiger charge is -2.09. The zero-order valence-corrected chi connectivity index (χ0v) is 9.23. The number of rotatable bonds is 9. The predicted molar refractivity (Wildman–Crippen MR) is 57.1 cm³/mol. The molecule has 0 aliphatic carbocycles. The van der Waals surface area contributed by atoms with Gasteiger partial charge in [0, 0.05) is 7.11 Å². The van der Waals surface area contributed by atoms with E-state index in [-0.39, 0.29) is 0 Å². The van der Waals surface area contributed by atoms with Gasteiger partial charge in [0.05, 0.1) is 6.10 Å². The minimum atomic E-state index is 0.402. The van der Waals surface area contributed by atoms with Gasteiger partial charge in [-0.05, 0) is 52.9 Å². The van der Waals surface area contributed by atoms with E-state index in [0.29, 0.717) is 6.10 Å². The van der Waals surface area contributed by atoms with Crippen LogP contribution in [0.3, 0.4) is 0 Å². The van der Waals surface area contributed by atoms with Crippen molar-refractivity contribution in [2.75, 3.05) is 33.8 Å². The molecule has 3 heteroatoms. The second-order valence-electron chi connectivity index (χ2n) is 3.40. The van der Waals surface area contributed by atoms with Crippen LogP contribution in [0.4, 0.5) is 0 Å². The molecular weight excluding hydrogens is 164 g/mol. The van der Waals surface area contributed by atoms with E-state index in [2.05, 4.69) is 17.6 Å². The fraction of sp³-hybridized carbons (Fsp3) is 1.00. The van der Waals surface area contributed by atoms with Crippen LogP contribution in [0.15, 0.2) is 0 Å². The highest BCUT2D eigenvalue weighted by atomic mass is 16.5. The molecule has 0 saturated heterocycles. The lowest BCUT2D eigenvalue weighted by molar-refractivity contribution is 0.109. The molecule has 2 N–H and O–H groups in total. The first-order chi connectivity index (χ1) is 6.31. The molecule has 0 aromatic carbocycles. The highest BCUT2D eigenvalue weighted by Gasteiger charge is 1.97. The molecule has 1 unspecified atom stereocenters. The third-order valence-corrected chi connectivity index (χ3v) is 2.15. The minimum absolute atomic E-state index is 0.402. The van der Waals surface area contributed by atoms with E-state index in [9.17, 15) is 0 Å². The fourth-order valence-corrected chi connectivity index (χ4v) is 1.15. The van der Waals surface area contributed by atoms with E-state index in [1.165, 1.54) is 12.8 Å². The van der Waals surface area contributed by atoms with Gasteiger partial charge in [-0.3, -0.25) is 0 Å². The summed E-state index contributed by atoms with van der Waals surface area (Å²) in [5.41, 5.74) is 0. The minimum Gasteiger partial charge on any atom is -0.382 e. The Labute approximate surface area is 82.2 Å². The summed E-state index contributed by atoms with van der Waals surface area (Å²) in [6, 6.07) is 0. The average molecular weight is 188 g/mol. The largest absolute Gasteiger partial charge is 0.382 e. The molecule has 80 valence electrons. The number of hydrogen-bond donors (Lipinski definition) is 2. The molecule has 0 amide bonds. The summed E-state index contributed by atoms with van der Waals surface area (Å²) in [5.74, 6) is 0. The van der Waals surface area contributed by atoms with Crippen LogP contribution in [0.1, 0.15) is 26.2 Å². The van der Waals surface area contributed by atoms with Gasteiger partial charge in [-0.25, -0.2) is 0 Å². The van der Waals surface area contributed by atoms with Crippen molar-refractivity contribution in [3.8, 4) is 0 Å². The SMILES string of the molecule is CNCCCNCCCC(C)OC. The number of methoxy groups -OCH3 is 1. The van der Waals surface area contributed by atoms with Crippen molar-refractivity contribution in [3.63, 3.8) is 0 Å². The third-order valence-electron chi connectivity index (χ3n) is 2.15. The van der Waals surface area contributed by atoms with Crippen molar-refractivity contribution in [3.05, 3.63) is 0 Å². The normalized spacial score (nSPS) is 13.2. The predicted octanol–water partition coefficient (Wildman–Crippen LogP) is 1.00. The Morgan fingerprint density at radius 2 is 1.85 bits per heavy atom. The summed E-state index contributed by atoms with van der Waals surface area (Å²) in [7, 11) is 3.76. The molecule has 3 nitrogen and oxygen atoms in total. The van der Waals surface area contributed by atoms with E-state index in [1.54, 1.807) is 7.11 Å². The fourth-order valence-electron chi connectivity index (χ4n) is 1.15. The Morgan fingerprint density at radius 1 is 1.15 bits per heavy atom. The van der Waals surface area contributed by atoms with E-state index in [4.69, 9.17) is 4.74 Å². The molecule has 0 rings (SSSR count). The van der Waals surface area contributed by atoms with Gasteiger partial charge < -0.3 is 15.4 Å². The number of nitrogens with one attached hydrogen (secondary N) is 2. The second kappa shape index (κ2) is 9.96. The number of hydrogen-bond acceptors (Lipinski definition) is 3. The van der Waals surface area contributed by atoms with Crippen LogP contribution < -0.4 is 10.6 Å². The highest BCUT2D eigenvalue weighted by Crippen LogP contribution is 1.97. The zero-order valence-electron chi connectivity index (χ0n) is 9.23. The molecule has 0 heterocycles. The molecule has 0 aromatic heterocycles. The van der Waals surface area contributed by atoms with Crippen molar-refractivity contribution < 1.29 is 4.74 Å². The monoisotopic (exact) mass is 188 g/mol. The van der Waals surface area contributed by atoms with Crippen LogP contribution in [0, 0.1) is 0 Å². The van der Waals surface area contributed by atoms with Gasteiger partial charge in [-0.15, -0.1) is 0 Å². The van der Waals surface area contributed by atoms with Crippen LogP contribution >= 0.6 is 0 Å². The van der Waals surface area contributed by atoms with Gasteiger partial charge in [0.15, 0.2) is 0 Å². The topological polar surface area (TPSA) is 33.3 Å². The summed E-state index contributed by atoms with van der Waals surface area (Å²) in [6.07, 6.45) is 3.96. The Kier molecular flexibility index (Phi) is 9.87. The van der Waals surface area contributed by atoms with E-state index < -0.39 is 0 Å². The molecule has 13 heavy (non-hydrogen) atoms. The number of ether oxygens (including phenoxy) is 1. The Morgan fingerprint density at radius 3 is 2.46 bits per heavy atom. The van der Waals surface area contributed by atoms with Gasteiger partial charge in [0.2, 0.25) is 0 Å². The molecule has 0 spiro atoms. The van der Waals surface area contributed by atoms with Crippen molar-refractivity contribution in [2.45, 2.75) is 32.3 Å². The maximum absolute atomic E-state index is 5.16. The van der Waals surface area contributed by atoms with Crippen molar-refractivity contribution in [2.24, 2.45) is 0 Å². The van der Waals surface area contributed by atoms with Crippen molar-refractivity contribution in [1.82, 2.24) is 10.6 Å². The molecule has 0 aliphatic heterocycles. The summed E-state index contributed by atoms with van der Waals surface area (Å²) in [4.78, 5) is 0. The maximum Gasteiger partial charge on any atom is 0.0543 e. The second-order valence-corrected chi connectivity index (χ2v) is 3.40. The highest BCUT2D eigenvalue weighted by molar-refractivity contribution is 4.53. The Hall–Kier alpha value is -0.120. The van der Waals surface area contributed by atoms with Crippen molar-refractivity contribution >= 4 is 0 Å². The summed E-state index contributed by atoms with van der Waals surface area (Å²) < 4.78 is 5.16. The van der Waals surface area contributed by atoms with Gasteiger partial charge in [0.25, 0.3) is 0 Å². The molecular formula is C10H24N2O. The van der Waals surface area contributed by atoms with Gasteiger partial charge in [-0.2, -0.15) is 0 Å². The smallest absolute Gasteiger partial charge is 0.0543 e. The van der Waals surface area contributed by atoms with E-state index >= 15 is 0 Å². The van der Waals surface area contributed by atoms with Crippen LogP contribution in [-0.2, 0) is 4.74 Å². The standard InChI is InChI=1S/C10H24N2O/c1-10(13-3)6-4-8-12-9-5-7-11-2/h10-12H,4-9H2,1-3H3. The first-order valence-electron chi connectivity index (χ1n) is 5.19. The molecule has 0 bridgehead atoms. The van der Waals surface area contributed by atoms with Crippen LogP contribution in [0.25, 0.3) is 0 Å². The summed E-state index contributed by atoms with van der Waals surface area (Å²) >= 11 is 0.